The summed E-state index contributed by atoms with van der Waals surface area (Å²) in [5.74, 6) is 1.64. The van der Waals surface area contributed by atoms with Gasteiger partial charge < -0.3 is 19.5 Å². The van der Waals surface area contributed by atoms with Gasteiger partial charge in [0.05, 0.1) is 38.0 Å². The van der Waals surface area contributed by atoms with Gasteiger partial charge in [-0.1, -0.05) is 12.1 Å². The number of hydrogen-bond donors (Lipinski definition) is 1. The fraction of sp³-hybridized carbons (Fsp3) is 0.610. The van der Waals surface area contributed by atoms with E-state index in [0.29, 0.717) is 51.1 Å². The Kier molecular flexibility index (Phi) is 8.88. The number of benzene rings is 1. The zero-order valence-electron chi connectivity index (χ0n) is 30.5. The van der Waals surface area contributed by atoms with Crippen LogP contribution < -0.4 is 9.64 Å². The second kappa shape index (κ2) is 13.2. The second-order valence-electron chi connectivity index (χ2n) is 16.7. The average Bonchev–Trinajstić information content (AvgIpc) is 3.63. The summed E-state index contributed by atoms with van der Waals surface area (Å²) in [4.78, 5) is 35.6. The largest absolute Gasteiger partial charge is 0.496 e. The van der Waals surface area contributed by atoms with Crippen molar-refractivity contribution in [2.24, 2.45) is 11.3 Å². The van der Waals surface area contributed by atoms with Crippen LogP contribution in [0.2, 0.25) is 0 Å². The minimum atomic E-state index is -0.456. The molecule has 2 aromatic heterocycles. The topological polar surface area (TPSA) is 110 Å². The lowest BCUT2D eigenvalue weighted by Crippen LogP contribution is -2.54. The molecular weight excluding hydrogens is 642 g/mol. The van der Waals surface area contributed by atoms with E-state index in [4.69, 9.17) is 19.6 Å². The maximum absolute atomic E-state index is 14.7. The lowest BCUT2D eigenvalue weighted by molar-refractivity contribution is -0.124. The number of fused-ring (bicyclic) bond motifs is 3. The lowest BCUT2D eigenvalue weighted by Gasteiger charge is -2.55. The molecule has 5 aliphatic carbocycles. The highest BCUT2D eigenvalue weighted by atomic mass is 16.6. The minimum Gasteiger partial charge on any atom is -0.496 e. The number of pyridine rings is 1. The van der Waals surface area contributed by atoms with Crippen molar-refractivity contribution < 1.29 is 24.2 Å². The Morgan fingerprint density at radius 1 is 0.961 bits per heavy atom. The summed E-state index contributed by atoms with van der Waals surface area (Å²) in [6.07, 6.45) is 17.7. The van der Waals surface area contributed by atoms with E-state index in [1.807, 2.05) is 23.4 Å². The Hall–Kier alpha value is -3.92. The number of aliphatic hydroxyl groups excluding tert-OH is 1. The first-order valence-electron chi connectivity index (χ1n) is 19.2. The van der Waals surface area contributed by atoms with Crippen LogP contribution in [0, 0.1) is 18.3 Å². The molecule has 0 radical (unpaired) electrons. The van der Waals surface area contributed by atoms with Gasteiger partial charge >= 0.3 is 6.09 Å². The van der Waals surface area contributed by atoms with Crippen LogP contribution in [0.4, 0.5) is 10.6 Å². The predicted molar refractivity (Wildman–Crippen MR) is 195 cm³/mol. The highest BCUT2D eigenvalue weighted by Gasteiger charge is 2.51. The molecule has 6 aliphatic rings. The maximum Gasteiger partial charge on any atom is 0.410 e. The maximum atomic E-state index is 14.7. The Morgan fingerprint density at radius 2 is 1.69 bits per heavy atom. The van der Waals surface area contributed by atoms with Gasteiger partial charge in [0.25, 0.3) is 0 Å². The van der Waals surface area contributed by atoms with E-state index < -0.39 is 6.10 Å². The molecule has 3 aromatic rings. The van der Waals surface area contributed by atoms with Crippen LogP contribution in [-0.2, 0) is 20.5 Å². The van der Waals surface area contributed by atoms with E-state index in [1.165, 1.54) is 22.4 Å². The molecule has 5 saturated carbocycles. The molecule has 1 aromatic carbocycles. The van der Waals surface area contributed by atoms with E-state index >= 15 is 0 Å². The molecule has 1 N–H and O–H groups in total. The van der Waals surface area contributed by atoms with Crippen LogP contribution in [0.3, 0.4) is 0 Å². The zero-order valence-corrected chi connectivity index (χ0v) is 30.5. The number of β-amino-alcohol motifs (C(OH)–C–C–N with tert-alkyl or cyclic N) is 1. The highest BCUT2D eigenvalue weighted by molar-refractivity contribution is 5.95. The first-order valence-corrected chi connectivity index (χ1v) is 19.2. The number of likely N-dealkylation sites (tertiary alicyclic amines) is 1. The number of anilines is 1. The van der Waals surface area contributed by atoms with Gasteiger partial charge in [-0.2, -0.15) is 5.10 Å². The highest BCUT2D eigenvalue weighted by Crippen LogP contribution is 2.58. The number of aliphatic hydroxyl groups is 1. The molecule has 51 heavy (non-hydrogen) atoms. The van der Waals surface area contributed by atoms with Crippen molar-refractivity contribution in [1.29, 1.82) is 0 Å². The third-order valence-electron chi connectivity index (χ3n) is 13.5. The van der Waals surface area contributed by atoms with Crippen LogP contribution in [0.5, 0.6) is 5.75 Å². The molecule has 0 spiro atoms. The fourth-order valence-corrected chi connectivity index (χ4v) is 9.65. The number of rotatable bonds is 9. The van der Waals surface area contributed by atoms with Crippen LogP contribution in [0.1, 0.15) is 102 Å². The smallest absolute Gasteiger partial charge is 0.410 e. The number of nitrogens with zero attached hydrogens (tertiary/aromatic N) is 5. The molecule has 3 heterocycles. The van der Waals surface area contributed by atoms with Gasteiger partial charge in [-0.15, -0.1) is 0 Å². The van der Waals surface area contributed by atoms with Crippen molar-refractivity contribution in [3.8, 4) is 16.9 Å². The number of methoxy groups -OCH3 is 1. The molecule has 6 fully saturated rings. The van der Waals surface area contributed by atoms with Crippen LogP contribution in [0.25, 0.3) is 11.1 Å². The summed E-state index contributed by atoms with van der Waals surface area (Å²) >= 11 is 0. The van der Waals surface area contributed by atoms with Gasteiger partial charge in [-0.25, -0.2) is 9.78 Å². The summed E-state index contributed by atoms with van der Waals surface area (Å²) < 4.78 is 13.4. The Labute approximate surface area is 301 Å². The number of hydrogen-bond acceptors (Lipinski definition) is 7. The van der Waals surface area contributed by atoms with Crippen molar-refractivity contribution in [3.05, 3.63) is 60.0 Å². The standard InChI is InChI=1S/C41H53N5O5/c1-28-21-32(7-10-35(28)50-3)41-17-14-40(15-18-41,16-19-41)27-45(37(48)29-5-8-34(9-6-29)51-38(49)44-25-33(47)26-44)36-22-30(11-20-42-36)31-23-43-46(24-31)39(2)12-4-13-39/h7,10-11,20-24,29,33-34,47H,4-6,8-9,12-19,25-27H2,1-3H3. The number of ether oxygens (including phenoxy) is 2. The first-order chi connectivity index (χ1) is 24.6. The van der Waals surface area contributed by atoms with E-state index in [1.54, 1.807) is 7.11 Å². The number of amides is 2. The number of aryl methyl sites for hydroxylation is 1. The zero-order chi connectivity index (χ0) is 35.4. The summed E-state index contributed by atoms with van der Waals surface area (Å²) in [5, 5.41) is 14.3. The Balaban J connectivity index is 1.01. The second-order valence-corrected chi connectivity index (χ2v) is 16.7. The summed E-state index contributed by atoms with van der Waals surface area (Å²) in [6.45, 7) is 5.73. The third kappa shape index (κ3) is 6.42. The average molecular weight is 696 g/mol. The quantitative estimate of drug-likeness (QED) is 0.253. The minimum absolute atomic E-state index is 0.0504. The molecule has 10 heteroatoms. The van der Waals surface area contributed by atoms with Crippen LogP contribution in [0.15, 0.2) is 48.9 Å². The predicted octanol–water partition coefficient (Wildman–Crippen LogP) is 7.16. The third-order valence-corrected chi connectivity index (χ3v) is 13.5. The summed E-state index contributed by atoms with van der Waals surface area (Å²) in [7, 11) is 1.73. The Bertz CT molecular complexity index is 1740. The molecule has 9 rings (SSSR count). The first kappa shape index (κ1) is 34.2. The van der Waals surface area contributed by atoms with E-state index in [-0.39, 0.29) is 40.4 Å². The normalized spacial score (nSPS) is 28.4. The van der Waals surface area contributed by atoms with Gasteiger partial charge in [0, 0.05) is 30.4 Å². The van der Waals surface area contributed by atoms with Crippen molar-refractivity contribution >= 4 is 17.8 Å². The van der Waals surface area contributed by atoms with Gasteiger partial charge in [0.1, 0.15) is 17.7 Å². The van der Waals surface area contributed by atoms with Gasteiger partial charge in [0.2, 0.25) is 5.91 Å². The van der Waals surface area contributed by atoms with Crippen molar-refractivity contribution in [3.63, 3.8) is 0 Å². The van der Waals surface area contributed by atoms with E-state index in [9.17, 15) is 14.7 Å². The SMILES string of the molecule is COc1ccc(C23CCC(CN(C(=O)C4CCC(OC(=O)N5CC(O)C5)CC4)c4cc(-c5cnn(C6(C)CCC6)c5)ccn4)(CC2)CC3)cc1C. The fourth-order valence-electron chi connectivity index (χ4n) is 9.65. The van der Waals surface area contributed by atoms with Crippen LogP contribution in [-0.4, -0.2) is 75.7 Å². The van der Waals surface area contributed by atoms with Gasteiger partial charge in [-0.05, 0) is 143 Å². The Morgan fingerprint density at radius 3 is 2.31 bits per heavy atom. The molecule has 2 amide bonds. The number of carbonyl (C=O) groups is 2. The van der Waals surface area contributed by atoms with Crippen molar-refractivity contribution in [2.45, 2.75) is 120 Å². The molecule has 2 bridgehead atoms. The summed E-state index contributed by atoms with van der Waals surface area (Å²) in [5.41, 5.74) is 5.01. The molecule has 0 atom stereocenters. The lowest BCUT2D eigenvalue weighted by atomic mass is 9.51. The van der Waals surface area contributed by atoms with E-state index in [0.717, 1.165) is 68.2 Å². The van der Waals surface area contributed by atoms with Crippen LogP contribution >= 0.6 is 0 Å². The number of carbonyl (C=O) groups excluding carboxylic acids is 2. The molecule has 272 valence electrons. The molecule has 1 saturated heterocycles. The monoisotopic (exact) mass is 695 g/mol. The number of aromatic nitrogens is 3. The molecular formula is C41H53N5O5. The van der Waals surface area contributed by atoms with Crippen molar-refractivity contribution in [2.75, 3.05) is 31.6 Å². The molecule has 10 nitrogen and oxygen atoms in total. The van der Waals surface area contributed by atoms with E-state index in [2.05, 4.69) is 49.0 Å². The van der Waals surface area contributed by atoms with Crippen molar-refractivity contribution in [1.82, 2.24) is 19.7 Å². The molecule has 1 aliphatic heterocycles. The van der Waals surface area contributed by atoms with Gasteiger partial charge in [-0.3, -0.25) is 14.4 Å². The van der Waals surface area contributed by atoms with Gasteiger partial charge in [0.15, 0.2) is 0 Å². The summed E-state index contributed by atoms with van der Waals surface area (Å²) in [6, 6.07) is 10.8. The molecule has 0 unspecified atom stereocenters.